The quantitative estimate of drug-likeness (QED) is 0.539. The van der Waals surface area contributed by atoms with Crippen molar-refractivity contribution in [3.8, 4) is 5.75 Å². The van der Waals surface area contributed by atoms with Crippen LogP contribution >= 0.6 is 0 Å². The van der Waals surface area contributed by atoms with Gasteiger partial charge in [-0.25, -0.2) is 4.79 Å². The number of rotatable bonds is 5. The van der Waals surface area contributed by atoms with Gasteiger partial charge in [-0.15, -0.1) is 0 Å². The number of ketones is 1. The van der Waals surface area contributed by atoms with Crippen molar-refractivity contribution < 1.29 is 28.6 Å². The maximum Gasteiger partial charge on any atom is 0.338 e. The number of furan rings is 1. The molecule has 1 amide bonds. The van der Waals surface area contributed by atoms with E-state index in [9.17, 15) is 19.5 Å². The fraction of sp³-hybridized carbons (Fsp3) is 0.105. The molecule has 0 bridgehead atoms. The number of hydrogen-bond acceptors (Lipinski definition) is 6. The summed E-state index contributed by atoms with van der Waals surface area (Å²) in [6, 6.07) is 12.3. The molecule has 0 aliphatic rings. The van der Waals surface area contributed by atoms with Gasteiger partial charge >= 0.3 is 5.97 Å². The van der Waals surface area contributed by atoms with E-state index in [-0.39, 0.29) is 28.5 Å². The minimum absolute atomic E-state index is 0.0166. The van der Waals surface area contributed by atoms with Gasteiger partial charge in [0.15, 0.2) is 18.2 Å². The van der Waals surface area contributed by atoms with Crippen LogP contribution < -0.4 is 5.32 Å². The van der Waals surface area contributed by atoms with Crippen molar-refractivity contribution in [2.24, 2.45) is 0 Å². The summed E-state index contributed by atoms with van der Waals surface area (Å²) in [7, 11) is 0. The van der Waals surface area contributed by atoms with Gasteiger partial charge in [-0.2, -0.15) is 0 Å². The van der Waals surface area contributed by atoms with Crippen LogP contribution in [0.2, 0.25) is 0 Å². The molecule has 0 unspecified atom stereocenters. The number of nitrogens with one attached hydrogen (secondary N) is 1. The number of para-hydroxylation sites is 1. The summed E-state index contributed by atoms with van der Waals surface area (Å²) in [6.07, 6.45) is 0. The number of Topliss-reactive ketones (excluding diaryl/α,β-unsaturated/α-hetero) is 1. The largest absolute Gasteiger partial charge is 0.508 e. The van der Waals surface area contributed by atoms with Crippen LogP contribution in [0.4, 0.5) is 5.69 Å². The van der Waals surface area contributed by atoms with Crippen LogP contribution in [-0.2, 0) is 9.53 Å². The standard InChI is InChI=1S/C19H15NO6/c1-11(21)18-17(14-4-2-3-5-15(14)26-18)20-16(23)10-25-19(24)12-6-8-13(22)9-7-12/h2-9,22H,10H2,1H3,(H,20,23). The summed E-state index contributed by atoms with van der Waals surface area (Å²) in [4.78, 5) is 35.8. The third-order valence-electron chi connectivity index (χ3n) is 3.62. The third kappa shape index (κ3) is 3.56. The molecule has 0 radical (unpaired) electrons. The highest BCUT2D eigenvalue weighted by molar-refractivity contribution is 6.11. The summed E-state index contributed by atoms with van der Waals surface area (Å²) >= 11 is 0. The van der Waals surface area contributed by atoms with Gasteiger partial charge in [0.1, 0.15) is 11.3 Å². The van der Waals surface area contributed by atoms with Crippen molar-refractivity contribution in [1.29, 1.82) is 0 Å². The molecule has 3 aromatic rings. The molecule has 0 saturated carbocycles. The lowest BCUT2D eigenvalue weighted by Crippen LogP contribution is -2.21. The van der Waals surface area contributed by atoms with E-state index in [2.05, 4.69) is 5.32 Å². The molecule has 0 fully saturated rings. The number of phenols is 1. The topological polar surface area (TPSA) is 106 Å². The minimum Gasteiger partial charge on any atom is -0.508 e. The molecule has 26 heavy (non-hydrogen) atoms. The fourth-order valence-corrected chi connectivity index (χ4v) is 2.40. The second-order valence-corrected chi connectivity index (χ2v) is 5.53. The SMILES string of the molecule is CC(=O)c1oc2ccccc2c1NC(=O)COC(=O)c1ccc(O)cc1. The number of phenolic OH excluding ortho intramolecular Hbond substituents is 1. The average molecular weight is 353 g/mol. The zero-order valence-corrected chi connectivity index (χ0v) is 13.8. The van der Waals surface area contributed by atoms with Crippen molar-refractivity contribution in [2.75, 3.05) is 11.9 Å². The Hall–Kier alpha value is -3.61. The molecule has 7 nitrogen and oxygen atoms in total. The average Bonchev–Trinajstić information content (AvgIpc) is 2.99. The first-order valence-corrected chi connectivity index (χ1v) is 7.74. The maximum atomic E-state index is 12.1. The smallest absolute Gasteiger partial charge is 0.338 e. The first kappa shape index (κ1) is 17.2. The monoisotopic (exact) mass is 353 g/mol. The van der Waals surface area contributed by atoms with E-state index in [1.165, 1.54) is 31.2 Å². The van der Waals surface area contributed by atoms with Crippen LogP contribution in [-0.4, -0.2) is 29.4 Å². The van der Waals surface area contributed by atoms with E-state index in [1.54, 1.807) is 24.3 Å². The molecule has 132 valence electrons. The molecule has 0 spiro atoms. The van der Waals surface area contributed by atoms with Crippen LogP contribution in [0, 0.1) is 0 Å². The molecular formula is C19H15NO6. The first-order valence-electron chi connectivity index (χ1n) is 7.74. The van der Waals surface area contributed by atoms with Gasteiger partial charge in [-0.1, -0.05) is 12.1 Å². The number of anilines is 1. The summed E-state index contributed by atoms with van der Waals surface area (Å²) < 4.78 is 10.4. The van der Waals surface area contributed by atoms with Crippen molar-refractivity contribution in [2.45, 2.75) is 6.92 Å². The Labute approximate surface area is 148 Å². The van der Waals surface area contributed by atoms with Crippen molar-refractivity contribution in [1.82, 2.24) is 0 Å². The van der Waals surface area contributed by atoms with Gasteiger partial charge in [-0.3, -0.25) is 9.59 Å². The number of benzene rings is 2. The van der Waals surface area contributed by atoms with Crippen LogP contribution in [0.3, 0.4) is 0 Å². The summed E-state index contributed by atoms with van der Waals surface area (Å²) in [5, 5.41) is 12.3. The Morgan fingerprint density at radius 1 is 1.08 bits per heavy atom. The van der Waals surface area contributed by atoms with Gasteiger partial charge in [0, 0.05) is 12.3 Å². The number of ether oxygens (including phenoxy) is 1. The van der Waals surface area contributed by atoms with E-state index < -0.39 is 18.5 Å². The Kier molecular flexibility index (Phi) is 4.70. The van der Waals surface area contributed by atoms with E-state index in [0.717, 1.165) is 0 Å². The lowest BCUT2D eigenvalue weighted by atomic mass is 10.2. The summed E-state index contributed by atoms with van der Waals surface area (Å²) in [5.74, 6) is -1.60. The number of hydrogen-bond donors (Lipinski definition) is 2. The lowest BCUT2D eigenvalue weighted by Gasteiger charge is -2.07. The van der Waals surface area contributed by atoms with Crippen LogP contribution in [0.5, 0.6) is 5.75 Å². The minimum atomic E-state index is -0.705. The second kappa shape index (κ2) is 7.10. The van der Waals surface area contributed by atoms with Crippen LogP contribution in [0.1, 0.15) is 27.8 Å². The Balaban J connectivity index is 1.71. The normalized spacial score (nSPS) is 10.5. The van der Waals surface area contributed by atoms with Gasteiger partial charge in [0.25, 0.3) is 5.91 Å². The molecule has 7 heteroatoms. The maximum absolute atomic E-state index is 12.1. The Bertz CT molecular complexity index is 987. The number of amides is 1. The molecule has 3 rings (SSSR count). The summed E-state index contributed by atoms with van der Waals surface area (Å²) in [5.41, 5.74) is 0.918. The molecule has 0 aliphatic heterocycles. The predicted octanol–water partition coefficient (Wildman–Crippen LogP) is 3.14. The number of carbonyl (C=O) groups excluding carboxylic acids is 3. The van der Waals surface area contributed by atoms with Crippen molar-refractivity contribution in [3.63, 3.8) is 0 Å². The number of carbonyl (C=O) groups is 3. The molecule has 0 aliphatic carbocycles. The van der Waals surface area contributed by atoms with Crippen molar-refractivity contribution >= 4 is 34.3 Å². The highest BCUT2D eigenvalue weighted by atomic mass is 16.5. The van der Waals surface area contributed by atoms with Crippen molar-refractivity contribution in [3.05, 3.63) is 59.9 Å². The molecule has 0 atom stereocenters. The molecular weight excluding hydrogens is 338 g/mol. The zero-order valence-electron chi connectivity index (χ0n) is 13.8. The van der Waals surface area contributed by atoms with Gasteiger partial charge in [-0.05, 0) is 36.4 Å². The zero-order chi connectivity index (χ0) is 18.7. The summed E-state index contributed by atoms with van der Waals surface area (Å²) in [6.45, 7) is 0.800. The predicted molar refractivity (Wildman–Crippen MR) is 93.2 cm³/mol. The van der Waals surface area contributed by atoms with Crippen LogP contribution in [0.15, 0.2) is 52.9 Å². The second-order valence-electron chi connectivity index (χ2n) is 5.53. The highest BCUT2D eigenvalue weighted by Gasteiger charge is 2.20. The molecule has 1 heterocycles. The number of fused-ring (bicyclic) bond motifs is 1. The highest BCUT2D eigenvalue weighted by Crippen LogP contribution is 2.31. The fourth-order valence-electron chi connectivity index (χ4n) is 2.40. The van der Waals surface area contributed by atoms with Crippen LogP contribution in [0.25, 0.3) is 11.0 Å². The van der Waals surface area contributed by atoms with Gasteiger partial charge in [0.05, 0.1) is 11.3 Å². The Morgan fingerprint density at radius 3 is 2.46 bits per heavy atom. The molecule has 1 aromatic heterocycles. The number of esters is 1. The van der Waals surface area contributed by atoms with Gasteiger partial charge in [0.2, 0.25) is 0 Å². The number of aromatic hydroxyl groups is 1. The molecule has 2 N–H and O–H groups in total. The third-order valence-corrected chi connectivity index (χ3v) is 3.62. The molecule has 0 saturated heterocycles. The van der Waals surface area contributed by atoms with E-state index >= 15 is 0 Å². The lowest BCUT2D eigenvalue weighted by molar-refractivity contribution is -0.119. The first-order chi connectivity index (χ1) is 12.5. The van der Waals surface area contributed by atoms with E-state index in [4.69, 9.17) is 9.15 Å². The van der Waals surface area contributed by atoms with Gasteiger partial charge < -0.3 is 19.6 Å². The molecule has 2 aromatic carbocycles. The Morgan fingerprint density at radius 2 is 1.77 bits per heavy atom. The van der Waals surface area contributed by atoms with E-state index in [1.807, 2.05) is 0 Å². The van der Waals surface area contributed by atoms with E-state index in [0.29, 0.717) is 11.0 Å².